The zero-order valence-corrected chi connectivity index (χ0v) is 29.4. The molecule has 3 aromatic carbocycles. The minimum atomic E-state index is -0.977. The minimum absolute atomic E-state index is 0. The van der Waals surface area contributed by atoms with Crippen LogP contribution < -0.4 is 17.0 Å². The molecule has 0 amide bonds. The third kappa shape index (κ3) is 8.40. The second-order valence-corrected chi connectivity index (χ2v) is 12.6. The smallest absolute Gasteiger partial charge is 0.121 e. The molecule has 0 radical (unpaired) electrons. The van der Waals surface area contributed by atoms with E-state index >= 15 is 0 Å². The zero-order chi connectivity index (χ0) is 27.8. The van der Waals surface area contributed by atoms with Crippen LogP contribution >= 0.6 is 40.2 Å². The van der Waals surface area contributed by atoms with Gasteiger partial charge in [0.15, 0.2) is 0 Å². The number of hydrogen-bond acceptors (Lipinski definition) is 1. The highest BCUT2D eigenvalue weighted by Crippen LogP contribution is 2.57. The van der Waals surface area contributed by atoms with Gasteiger partial charge in [0.25, 0.3) is 0 Å². The predicted molar refractivity (Wildman–Crippen MR) is 177 cm³/mol. The maximum absolute atomic E-state index is 12.5. The summed E-state index contributed by atoms with van der Waals surface area (Å²) in [7, 11) is 0. The number of benzene rings is 3. The van der Waals surface area contributed by atoms with Gasteiger partial charge in [0.05, 0.1) is 29.7 Å². The molecule has 0 unspecified atom stereocenters. The molecule has 0 saturated carbocycles. The van der Waals surface area contributed by atoms with E-state index in [2.05, 4.69) is 44.2 Å². The topological polar surface area (TPSA) is 20.2 Å². The Hall–Kier alpha value is -0.880. The van der Waals surface area contributed by atoms with Crippen LogP contribution in [-0.4, -0.2) is 29.2 Å². The number of rotatable bonds is 10. The van der Waals surface area contributed by atoms with Gasteiger partial charge in [-0.05, 0) is 23.3 Å². The van der Waals surface area contributed by atoms with Gasteiger partial charge in [-0.15, -0.1) is 17.0 Å². The van der Waals surface area contributed by atoms with Gasteiger partial charge in [-0.25, -0.2) is 0 Å². The highest BCUT2D eigenvalue weighted by molar-refractivity contribution is 8.93. The molecule has 6 heteroatoms. The molecular formula is C35H47Br2Cl2NO. The Bertz CT molecular complexity index is 1110. The molecule has 2 nitrogen and oxygen atoms in total. The molecule has 2 bridgehead atoms. The Morgan fingerprint density at radius 3 is 1.59 bits per heavy atom. The molecule has 3 heterocycles. The van der Waals surface area contributed by atoms with E-state index in [9.17, 15) is 5.11 Å². The highest BCUT2D eigenvalue weighted by atomic mass is 79.9. The van der Waals surface area contributed by atoms with Crippen LogP contribution in [0.2, 0.25) is 10.0 Å². The third-order valence-corrected chi connectivity index (χ3v) is 10.0. The molecule has 0 spiro atoms. The van der Waals surface area contributed by atoms with Crippen molar-refractivity contribution in [3.8, 4) is 0 Å². The first kappa shape index (κ1) is 36.3. The van der Waals surface area contributed by atoms with E-state index in [-0.39, 0.29) is 39.4 Å². The molecule has 3 fully saturated rings. The van der Waals surface area contributed by atoms with E-state index in [1.165, 1.54) is 44.1 Å². The standard InChI is InChI=1S/C27H28Cl2NO.C8H18.2BrH/c28-24-12-11-21(19-25(24)29)20-30-16-13-26(14-17-30,15-18-30)27(31,22-7-3-1-4-8-22)23-9-5-2-6-10-23;1-3-5-7-8-6-4-2;;/h1-12,19,31H,13-18,20H2;3-8H2,1-2H3;2*1H/q+1;;;/p-1. The van der Waals surface area contributed by atoms with Gasteiger partial charge in [0.1, 0.15) is 12.1 Å². The van der Waals surface area contributed by atoms with Gasteiger partial charge in [-0.1, -0.05) is 142 Å². The maximum Gasteiger partial charge on any atom is 0.121 e. The van der Waals surface area contributed by atoms with Crippen molar-refractivity contribution in [2.24, 2.45) is 5.41 Å². The SMILES string of the molecule is Br.CCCCCCCC.OC(c1ccccc1)(c1ccccc1)C12CC[N+](Cc3ccc(Cl)c(Cl)c3)(CC1)CC2.[Br-]. The lowest BCUT2D eigenvalue weighted by molar-refractivity contribution is -0.958. The fraction of sp³-hybridized carbons (Fsp3) is 0.486. The third-order valence-electron chi connectivity index (χ3n) is 9.30. The number of unbranched alkanes of at least 4 members (excludes halogenated alkanes) is 5. The second kappa shape index (κ2) is 16.8. The summed E-state index contributed by atoms with van der Waals surface area (Å²) in [4.78, 5) is 0. The van der Waals surface area contributed by atoms with Gasteiger partial charge >= 0.3 is 0 Å². The average molecular weight is 728 g/mol. The molecule has 6 rings (SSSR count). The van der Waals surface area contributed by atoms with E-state index < -0.39 is 5.60 Å². The normalized spacial score (nSPS) is 21.2. The van der Waals surface area contributed by atoms with Gasteiger partial charge in [0, 0.05) is 30.2 Å². The lowest BCUT2D eigenvalue weighted by Gasteiger charge is -2.60. The van der Waals surface area contributed by atoms with Crippen molar-refractivity contribution < 1.29 is 26.6 Å². The average Bonchev–Trinajstić information content (AvgIpc) is 2.99. The Balaban J connectivity index is 0.000000520. The Labute approximate surface area is 279 Å². The first-order valence-electron chi connectivity index (χ1n) is 15.0. The molecule has 0 atom stereocenters. The Kier molecular flexibility index (Phi) is 14.9. The van der Waals surface area contributed by atoms with Crippen molar-refractivity contribution >= 4 is 40.2 Å². The van der Waals surface area contributed by atoms with E-state index in [0.717, 1.165) is 61.1 Å². The molecule has 41 heavy (non-hydrogen) atoms. The minimum Gasteiger partial charge on any atom is -1.00 e. The number of quaternary nitrogens is 1. The fourth-order valence-electron chi connectivity index (χ4n) is 6.86. The van der Waals surface area contributed by atoms with Crippen LogP contribution in [0.1, 0.15) is 88.3 Å². The van der Waals surface area contributed by atoms with Gasteiger partial charge in [-0.3, -0.25) is 0 Å². The molecule has 3 saturated heterocycles. The van der Waals surface area contributed by atoms with Crippen molar-refractivity contribution in [2.75, 3.05) is 19.6 Å². The van der Waals surface area contributed by atoms with E-state index in [0.29, 0.717) is 10.0 Å². The first-order valence-corrected chi connectivity index (χ1v) is 15.8. The Morgan fingerprint density at radius 2 is 1.17 bits per heavy atom. The molecule has 1 N–H and O–H groups in total. The van der Waals surface area contributed by atoms with Crippen LogP contribution in [0.25, 0.3) is 0 Å². The molecule has 3 aliphatic rings. The summed E-state index contributed by atoms with van der Waals surface area (Å²) in [6, 6.07) is 26.6. The molecule has 0 aromatic heterocycles. The van der Waals surface area contributed by atoms with Crippen LogP contribution in [0.3, 0.4) is 0 Å². The quantitative estimate of drug-likeness (QED) is 0.171. The summed E-state index contributed by atoms with van der Waals surface area (Å²) in [5, 5.41) is 13.7. The highest BCUT2D eigenvalue weighted by Gasteiger charge is 2.60. The summed E-state index contributed by atoms with van der Waals surface area (Å²) in [5.74, 6) is 0. The zero-order valence-electron chi connectivity index (χ0n) is 24.6. The number of fused-ring (bicyclic) bond motifs is 3. The summed E-state index contributed by atoms with van der Waals surface area (Å²) in [5.41, 5.74) is 2.13. The molecule has 0 aliphatic carbocycles. The number of piperidine rings is 3. The predicted octanol–water partition coefficient (Wildman–Crippen LogP) is 7.38. The monoisotopic (exact) mass is 725 g/mol. The molecule has 3 aliphatic heterocycles. The summed E-state index contributed by atoms with van der Waals surface area (Å²) >= 11 is 12.4. The largest absolute Gasteiger partial charge is 1.00 e. The summed E-state index contributed by atoms with van der Waals surface area (Å²) in [6.45, 7) is 8.70. The number of hydrogen-bond donors (Lipinski definition) is 1. The van der Waals surface area contributed by atoms with Crippen LogP contribution in [-0.2, 0) is 12.1 Å². The van der Waals surface area contributed by atoms with Crippen molar-refractivity contribution in [2.45, 2.75) is 83.8 Å². The Morgan fingerprint density at radius 1 is 0.707 bits per heavy atom. The van der Waals surface area contributed by atoms with Gasteiger partial charge < -0.3 is 26.6 Å². The first-order chi connectivity index (χ1) is 18.9. The van der Waals surface area contributed by atoms with E-state index in [1.54, 1.807) is 0 Å². The van der Waals surface area contributed by atoms with Crippen molar-refractivity contribution in [3.63, 3.8) is 0 Å². The van der Waals surface area contributed by atoms with Crippen molar-refractivity contribution in [1.29, 1.82) is 0 Å². The van der Waals surface area contributed by atoms with Crippen LogP contribution in [0.4, 0.5) is 0 Å². The van der Waals surface area contributed by atoms with Crippen LogP contribution in [0.5, 0.6) is 0 Å². The number of aliphatic hydroxyl groups is 1. The lowest BCUT2D eigenvalue weighted by atomic mass is 9.56. The molecule has 226 valence electrons. The van der Waals surface area contributed by atoms with E-state index in [4.69, 9.17) is 23.2 Å². The number of nitrogens with zero attached hydrogens (tertiary/aromatic N) is 1. The maximum atomic E-state index is 12.5. The number of halogens is 4. The van der Waals surface area contributed by atoms with Crippen molar-refractivity contribution in [1.82, 2.24) is 0 Å². The van der Waals surface area contributed by atoms with Crippen LogP contribution in [0, 0.1) is 5.41 Å². The fourth-order valence-corrected chi connectivity index (χ4v) is 7.18. The second-order valence-electron chi connectivity index (χ2n) is 11.8. The van der Waals surface area contributed by atoms with Crippen molar-refractivity contribution in [3.05, 3.63) is 106 Å². The van der Waals surface area contributed by atoms with Gasteiger partial charge in [0.2, 0.25) is 0 Å². The summed E-state index contributed by atoms with van der Waals surface area (Å²) < 4.78 is 1.07. The molecular weight excluding hydrogens is 681 g/mol. The van der Waals surface area contributed by atoms with Gasteiger partial charge in [-0.2, -0.15) is 0 Å². The van der Waals surface area contributed by atoms with Crippen LogP contribution in [0.15, 0.2) is 78.9 Å². The lowest BCUT2D eigenvalue weighted by Crippen LogP contribution is -3.00. The van der Waals surface area contributed by atoms with E-state index in [1.807, 2.05) is 48.5 Å². The molecule has 3 aromatic rings. The summed E-state index contributed by atoms with van der Waals surface area (Å²) in [6.07, 6.45) is 11.5.